The third-order valence-electron chi connectivity index (χ3n) is 4.41. The van der Waals surface area contributed by atoms with Crippen LogP contribution in [-0.4, -0.2) is 55.2 Å². The Hall–Kier alpha value is -1.14. The van der Waals surface area contributed by atoms with E-state index in [2.05, 4.69) is 10.6 Å². The molecule has 6 nitrogen and oxygen atoms in total. The maximum atomic E-state index is 12.5. The van der Waals surface area contributed by atoms with Crippen LogP contribution in [-0.2, 0) is 9.53 Å². The van der Waals surface area contributed by atoms with E-state index in [-0.39, 0.29) is 11.9 Å². The van der Waals surface area contributed by atoms with Gasteiger partial charge in [-0.15, -0.1) is 0 Å². The summed E-state index contributed by atoms with van der Waals surface area (Å²) in [6.07, 6.45) is 3.54. The molecule has 1 spiro atoms. The summed E-state index contributed by atoms with van der Waals surface area (Å²) < 4.78 is 5.31. The predicted molar refractivity (Wildman–Crippen MR) is 68.6 cm³/mol. The van der Waals surface area contributed by atoms with E-state index in [1.807, 2.05) is 0 Å². The van der Waals surface area contributed by atoms with E-state index in [0.29, 0.717) is 19.0 Å². The van der Waals surface area contributed by atoms with Crippen LogP contribution in [0.15, 0.2) is 0 Å². The second kappa shape index (κ2) is 5.09. The zero-order chi connectivity index (χ0) is 13.3. The van der Waals surface area contributed by atoms with Crippen LogP contribution in [0.3, 0.4) is 0 Å². The van der Waals surface area contributed by atoms with Crippen LogP contribution < -0.4 is 10.6 Å². The molecule has 3 aliphatic heterocycles. The Morgan fingerprint density at radius 2 is 2.11 bits per heavy atom. The monoisotopic (exact) mass is 267 g/mol. The van der Waals surface area contributed by atoms with Gasteiger partial charge >= 0.3 is 6.03 Å². The molecule has 0 aromatic rings. The highest BCUT2D eigenvalue weighted by Crippen LogP contribution is 2.27. The predicted octanol–water partition coefficient (Wildman–Crippen LogP) is 0.0870. The number of amides is 3. The van der Waals surface area contributed by atoms with Crippen LogP contribution >= 0.6 is 0 Å². The molecule has 3 amide bonds. The fourth-order valence-electron chi connectivity index (χ4n) is 3.22. The molecule has 0 saturated carbocycles. The summed E-state index contributed by atoms with van der Waals surface area (Å²) in [6.45, 7) is 3.49. The quantitative estimate of drug-likeness (QED) is 0.696. The third kappa shape index (κ3) is 2.34. The average molecular weight is 267 g/mol. The van der Waals surface area contributed by atoms with Crippen molar-refractivity contribution in [3.8, 4) is 0 Å². The van der Waals surface area contributed by atoms with E-state index >= 15 is 0 Å². The summed E-state index contributed by atoms with van der Waals surface area (Å²) >= 11 is 0. The topological polar surface area (TPSA) is 70.7 Å². The van der Waals surface area contributed by atoms with Crippen molar-refractivity contribution < 1.29 is 14.3 Å². The zero-order valence-electron chi connectivity index (χ0n) is 11.1. The fourth-order valence-corrected chi connectivity index (χ4v) is 3.22. The van der Waals surface area contributed by atoms with Crippen LogP contribution in [0.5, 0.6) is 0 Å². The summed E-state index contributed by atoms with van der Waals surface area (Å²) in [7, 11) is 0. The van der Waals surface area contributed by atoms with Gasteiger partial charge < -0.3 is 15.4 Å². The Balaban J connectivity index is 1.68. The number of hydrogen-bond donors (Lipinski definition) is 2. The number of imide groups is 1. The molecule has 0 aromatic heterocycles. The number of carbonyl (C=O) groups excluding carboxylic acids is 2. The Morgan fingerprint density at radius 3 is 2.79 bits per heavy atom. The molecule has 3 fully saturated rings. The van der Waals surface area contributed by atoms with Crippen LogP contribution in [0.2, 0.25) is 0 Å². The Labute approximate surface area is 112 Å². The van der Waals surface area contributed by atoms with Gasteiger partial charge in [-0.2, -0.15) is 0 Å². The Kier molecular flexibility index (Phi) is 3.45. The van der Waals surface area contributed by atoms with Crippen LogP contribution in [0.4, 0.5) is 4.79 Å². The summed E-state index contributed by atoms with van der Waals surface area (Å²) in [6, 6.07) is -0.222. The summed E-state index contributed by atoms with van der Waals surface area (Å²) in [5, 5.41) is 6.11. The molecular weight excluding hydrogens is 246 g/mol. The number of urea groups is 1. The van der Waals surface area contributed by atoms with E-state index in [0.717, 1.165) is 45.4 Å². The minimum absolute atomic E-state index is 0.0452. The Bertz CT molecular complexity index is 373. The van der Waals surface area contributed by atoms with Crippen molar-refractivity contribution in [2.24, 2.45) is 5.92 Å². The highest BCUT2D eigenvalue weighted by molar-refractivity contribution is 6.07. The van der Waals surface area contributed by atoms with E-state index in [1.54, 1.807) is 0 Å². The second-order valence-corrected chi connectivity index (χ2v) is 5.76. The van der Waals surface area contributed by atoms with Gasteiger partial charge in [0.1, 0.15) is 5.54 Å². The van der Waals surface area contributed by atoms with Gasteiger partial charge in [0, 0.05) is 26.3 Å². The molecule has 0 aromatic carbocycles. The summed E-state index contributed by atoms with van der Waals surface area (Å²) in [5.74, 6) is 0.339. The first-order valence-corrected chi connectivity index (χ1v) is 7.14. The highest BCUT2D eigenvalue weighted by atomic mass is 16.5. The maximum absolute atomic E-state index is 12.5. The molecule has 3 rings (SSSR count). The van der Waals surface area contributed by atoms with Gasteiger partial charge in [-0.05, 0) is 38.1 Å². The molecule has 0 bridgehead atoms. The molecule has 19 heavy (non-hydrogen) atoms. The van der Waals surface area contributed by atoms with E-state index < -0.39 is 5.54 Å². The van der Waals surface area contributed by atoms with Gasteiger partial charge in [-0.1, -0.05) is 0 Å². The minimum Gasteiger partial charge on any atom is -0.381 e. The SMILES string of the molecule is O=C1NC2(CCCNC2)C(=O)N1CC1CCOCC1. The van der Waals surface area contributed by atoms with Gasteiger partial charge in [0.25, 0.3) is 5.91 Å². The molecule has 6 heteroatoms. The number of hydrogen-bond acceptors (Lipinski definition) is 4. The Morgan fingerprint density at radius 1 is 1.32 bits per heavy atom. The normalized spacial score (nSPS) is 32.9. The van der Waals surface area contributed by atoms with Crippen molar-refractivity contribution in [3.63, 3.8) is 0 Å². The van der Waals surface area contributed by atoms with Crippen molar-refractivity contribution in [2.45, 2.75) is 31.2 Å². The molecule has 2 N–H and O–H groups in total. The van der Waals surface area contributed by atoms with Gasteiger partial charge in [-0.25, -0.2) is 4.79 Å². The lowest BCUT2D eigenvalue weighted by Gasteiger charge is -2.31. The highest BCUT2D eigenvalue weighted by Gasteiger charge is 2.51. The average Bonchev–Trinajstić information content (AvgIpc) is 2.66. The molecule has 3 saturated heterocycles. The van der Waals surface area contributed by atoms with Gasteiger partial charge in [0.2, 0.25) is 0 Å². The lowest BCUT2D eigenvalue weighted by molar-refractivity contribution is -0.132. The van der Waals surface area contributed by atoms with Crippen molar-refractivity contribution >= 4 is 11.9 Å². The molecule has 0 radical (unpaired) electrons. The molecular formula is C13H21N3O3. The van der Waals surface area contributed by atoms with E-state index in [1.165, 1.54) is 4.90 Å². The van der Waals surface area contributed by atoms with Crippen molar-refractivity contribution in [2.75, 3.05) is 32.8 Å². The first-order chi connectivity index (χ1) is 9.21. The maximum Gasteiger partial charge on any atom is 0.325 e. The summed E-state index contributed by atoms with van der Waals surface area (Å²) in [4.78, 5) is 26.0. The number of piperidine rings is 1. The first kappa shape index (κ1) is 12.9. The largest absolute Gasteiger partial charge is 0.381 e. The standard InChI is InChI=1S/C13H21N3O3/c17-11-13(4-1-5-14-9-13)15-12(18)16(11)8-10-2-6-19-7-3-10/h10,14H,1-9H2,(H,15,18). The molecule has 3 heterocycles. The number of carbonyl (C=O) groups is 2. The molecule has 3 aliphatic rings. The van der Waals surface area contributed by atoms with Crippen LogP contribution in [0.1, 0.15) is 25.7 Å². The third-order valence-corrected chi connectivity index (χ3v) is 4.41. The van der Waals surface area contributed by atoms with E-state index in [9.17, 15) is 9.59 Å². The van der Waals surface area contributed by atoms with Crippen molar-refractivity contribution in [3.05, 3.63) is 0 Å². The molecule has 106 valence electrons. The molecule has 1 unspecified atom stereocenters. The number of nitrogens with zero attached hydrogens (tertiary/aromatic N) is 1. The van der Waals surface area contributed by atoms with E-state index in [4.69, 9.17) is 4.74 Å². The van der Waals surface area contributed by atoms with Crippen LogP contribution in [0.25, 0.3) is 0 Å². The van der Waals surface area contributed by atoms with Crippen molar-refractivity contribution in [1.82, 2.24) is 15.5 Å². The second-order valence-electron chi connectivity index (χ2n) is 5.76. The van der Waals surface area contributed by atoms with Gasteiger partial charge in [0.15, 0.2) is 0 Å². The fraction of sp³-hybridized carbons (Fsp3) is 0.846. The van der Waals surface area contributed by atoms with Crippen LogP contribution in [0, 0.1) is 5.92 Å². The molecule has 1 atom stereocenters. The zero-order valence-corrected chi connectivity index (χ0v) is 11.1. The lowest BCUT2D eigenvalue weighted by atomic mass is 9.90. The number of ether oxygens (including phenoxy) is 1. The smallest absolute Gasteiger partial charge is 0.325 e. The summed E-state index contributed by atoms with van der Waals surface area (Å²) in [5.41, 5.74) is -0.680. The first-order valence-electron chi connectivity index (χ1n) is 7.14. The minimum atomic E-state index is -0.680. The molecule has 0 aliphatic carbocycles. The lowest BCUT2D eigenvalue weighted by Crippen LogP contribution is -2.57. The number of rotatable bonds is 2. The van der Waals surface area contributed by atoms with Gasteiger partial charge in [-0.3, -0.25) is 9.69 Å². The van der Waals surface area contributed by atoms with Crippen molar-refractivity contribution in [1.29, 1.82) is 0 Å². The van der Waals surface area contributed by atoms with Gasteiger partial charge in [0.05, 0.1) is 0 Å². The number of nitrogens with one attached hydrogen (secondary N) is 2.